The lowest BCUT2D eigenvalue weighted by Gasteiger charge is -2.35. The van der Waals surface area contributed by atoms with Crippen LogP contribution in [0, 0.1) is 0 Å². The van der Waals surface area contributed by atoms with Gasteiger partial charge in [0.25, 0.3) is 5.91 Å². The Morgan fingerprint density at radius 1 is 0.833 bits per heavy atom. The van der Waals surface area contributed by atoms with E-state index >= 15 is 0 Å². The third-order valence-corrected chi connectivity index (χ3v) is 5.28. The lowest BCUT2D eigenvalue weighted by molar-refractivity contribution is 0.0625. The molecule has 1 heterocycles. The molecule has 0 spiro atoms. The van der Waals surface area contributed by atoms with Crippen LogP contribution in [0.15, 0.2) is 78.9 Å². The van der Waals surface area contributed by atoms with Crippen LogP contribution in [-0.2, 0) is 6.54 Å². The van der Waals surface area contributed by atoms with Gasteiger partial charge in [0.2, 0.25) is 0 Å². The molecule has 0 aliphatic carbocycles. The van der Waals surface area contributed by atoms with Crippen LogP contribution in [-0.4, -0.2) is 49.0 Å². The zero-order valence-corrected chi connectivity index (χ0v) is 17.2. The third kappa shape index (κ3) is 4.81. The van der Waals surface area contributed by atoms with Gasteiger partial charge < -0.3 is 14.4 Å². The van der Waals surface area contributed by atoms with Crippen molar-refractivity contribution >= 4 is 5.91 Å². The van der Waals surface area contributed by atoms with Crippen molar-refractivity contribution in [1.82, 2.24) is 9.80 Å². The monoisotopic (exact) mass is 402 g/mol. The predicted molar refractivity (Wildman–Crippen MR) is 117 cm³/mol. The van der Waals surface area contributed by atoms with Crippen LogP contribution < -0.4 is 9.47 Å². The number of para-hydroxylation sites is 2. The van der Waals surface area contributed by atoms with Crippen LogP contribution >= 0.6 is 0 Å². The third-order valence-electron chi connectivity index (χ3n) is 5.28. The van der Waals surface area contributed by atoms with Gasteiger partial charge in [-0.3, -0.25) is 9.69 Å². The van der Waals surface area contributed by atoms with E-state index in [4.69, 9.17) is 9.47 Å². The van der Waals surface area contributed by atoms with Gasteiger partial charge in [-0.2, -0.15) is 0 Å². The predicted octanol–water partition coefficient (Wildman–Crippen LogP) is 4.45. The summed E-state index contributed by atoms with van der Waals surface area (Å²) in [7, 11) is 1.60. The van der Waals surface area contributed by atoms with E-state index in [0.29, 0.717) is 24.4 Å². The summed E-state index contributed by atoms with van der Waals surface area (Å²) in [5, 5.41) is 0. The molecule has 0 aromatic heterocycles. The second kappa shape index (κ2) is 9.46. The summed E-state index contributed by atoms with van der Waals surface area (Å²) in [6.07, 6.45) is 0. The minimum Gasteiger partial charge on any atom is -0.496 e. The van der Waals surface area contributed by atoms with Gasteiger partial charge in [0.15, 0.2) is 0 Å². The molecule has 0 N–H and O–H groups in total. The zero-order valence-electron chi connectivity index (χ0n) is 17.2. The summed E-state index contributed by atoms with van der Waals surface area (Å²) in [5.41, 5.74) is 1.83. The summed E-state index contributed by atoms with van der Waals surface area (Å²) in [4.78, 5) is 17.1. The zero-order chi connectivity index (χ0) is 20.8. The molecule has 3 aromatic carbocycles. The first-order valence-corrected chi connectivity index (χ1v) is 10.2. The highest BCUT2D eigenvalue weighted by atomic mass is 16.5. The maximum absolute atomic E-state index is 12.9. The number of carbonyl (C=O) groups excluding carboxylic acids is 1. The molecule has 4 rings (SSSR count). The Bertz CT molecular complexity index is 982. The van der Waals surface area contributed by atoms with E-state index < -0.39 is 0 Å². The van der Waals surface area contributed by atoms with Crippen LogP contribution in [0.1, 0.15) is 15.9 Å². The van der Waals surface area contributed by atoms with Crippen molar-refractivity contribution in [3.8, 4) is 17.2 Å². The van der Waals surface area contributed by atoms with Crippen LogP contribution in [0.3, 0.4) is 0 Å². The van der Waals surface area contributed by atoms with Crippen molar-refractivity contribution in [2.75, 3.05) is 33.3 Å². The van der Waals surface area contributed by atoms with Gasteiger partial charge >= 0.3 is 0 Å². The number of amides is 1. The molecule has 0 atom stereocenters. The van der Waals surface area contributed by atoms with Crippen molar-refractivity contribution in [2.24, 2.45) is 0 Å². The fourth-order valence-corrected chi connectivity index (χ4v) is 3.69. The Labute approximate surface area is 177 Å². The SMILES string of the molecule is COc1ccccc1C(=O)N1CCN(Cc2cccc(Oc3ccccc3)c2)CC1. The Kier molecular flexibility index (Phi) is 6.30. The van der Waals surface area contributed by atoms with E-state index in [9.17, 15) is 4.79 Å². The Balaban J connectivity index is 1.34. The van der Waals surface area contributed by atoms with Crippen molar-refractivity contribution in [2.45, 2.75) is 6.54 Å². The maximum Gasteiger partial charge on any atom is 0.257 e. The molecule has 154 valence electrons. The highest BCUT2D eigenvalue weighted by molar-refractivity contribution is 5.97. The molecule has 3 aromatic rings. The number of piperazine rings is 1. The Morgan fingerprint density at radius 2 is 1.53 bits per heavy atom. The highest BCUT2D eigenvalue weighted by Crippen LogP contribution is 2.23. The first-order chi connectivity index (χ1) is 14.7. The first kappa shape index (κ1) is 20.0. The van der Waals surface area contributed by atoms with Crippen LogP contribution in [0.25, 0.3) is 0 Å². The minimum atomic E-state index is 0.0327. The maximum atomic E-state index is 12.9. The number of carbonyl (C=O) groups is 1. The second-order valence-corrected chi connectivity index (χ2v) is 7.33. The Hall–Kier alpha value is -3.31. The topological polar surface area (TPSA) is 42.0 Å². The first-order valence-electron chi connectivity index (χ1n) is 10.2. The van der Waals surface area contributed by atoms with Crippen molar-refractivity contribution in [1.29, 1.82) is 0 Å². The van der Waals surface area contributed by atoms with E-state index in [-0.39, 0.29) is 5.91 Å². The minimum absolute atomic E-state index is 0.0327. The fraction of sp³-hybridized carbons (Fsp3) is 0.240. The number of benzene rings is 3. The molecular formula is C25H26N2O3. The number of hydrogen-bond donors (Lipinski definition) is 0. The average molecular weight is 402 g/mol. The van der Waals surface area contributed by atoms with Gasteiger partial charge in [-0.05, 0) is 42.0 Å². The van der Waals surface area contributed by atoms with Gasteiger partial charge in [-0.15, -0.1) is 0 Å². The molecule has 1 aliphatic heterocycles. The van der Waals surface area contributed by atoms with Gasteiger partial charge in [-0.25, -0.2) is 0 Å². The summed E-state index contributed by atoms with van der Waals surface area (Å²) in [5.74, 6) is 2.33. The van der Waals surface area contributed by atoms with E-state index in [0.717, 1.165) is 31.1 Å². The lowest BCUT2D eigenvalue weighted by atomic mass is 10.1. The normalized spacial score (nSPS) is 14.4. The standard InChI is InChI=1S/C25H26N2O3/c1-29-24-13-6-5-12-23(24)25(28)27-16-14-26(15-17-27)19-20-8-7-11-22(18-20)30-21-9-3-2-4-10-21/h2-13,18H,14-17,19H2,1H3. The van der Waals surface area contributed by atoms with E-state index in [1.54, 1.807) is 7.11 Å². The molecule has 5 nitrogen and oxygen atoms in total. The van der Waals surface area contributed by atoms with Crippen molar-refractivity contribution < 1.29 is 14.3 Å². The summed E-state index contributed by atoms with van der Waals surface area (Å²) in [6.45, 7) is 3.92. The summed E-state index contributed by atoms with van der Waals surface area (Å²) in [6, 6.07) is 25.4. The molecule has 1 amide bonds. The fourth-order valence-electron chi connectivity index (χ4n) is 3.69. The number of rotatable bonds is 6. The van der Waals surface area contributed by atoms with E-state index in [2.05, 4.69) is 17.0 Å². The van der Waals surface area contributed by atoms with Crippen molar-refractivity contribution in [3.63, 3.8) is 0 Å². The lowest BCUT2D eigenvalue weighted by Crippen LogP contribution is -2.48. The largest absolute Gasteiger partial charge is 0.496 e. The number of nitrogens with zero attached hydrogens (tertiary/aromatic N) is 2. The molecule has 0 unspecified atom stereocenters. The molecule has 1 aliphatic rings. The molecule has 30 heavy (non-hydrogen) atoms. The number of hydrogen-bond acceptors (Lipinski definition) is 4. The van der Waals surface area contributed by atoms with Gasteiger partial charge in [0.1, 0.15) is 17.2 Å². The van der Waals surface area contributed by atoms with Gasteiger partial charge in [-0.1, -0.05) is 42.5 Å². The quantitative estimate of drug-likeness (QED) is 0.611. The second-order valence-electron chi connectivity index (χ2n) is 7.33. The summed E-state index contributed by atoms with van der Waals surface area (Å²) >= 11 is 0. The van der Waals surface area contributed by atoms with Crippen molar-refractivity contribution in [3.05, 3.63) is 90.0 Å². The number of methoxy groups -OCH3 is 1. The molecule has 5 heteroatoms. The molecular weight excluding hydrogens is 376 g/mol. The molecule has 0 radical (unpaired) electrons. The highest BCUT2D eigenvalue weighted by Gasteiger charge is 2.24. The summed E-state index contributed by atoms with van der Waals surface area (Å²) < 4.78 is 11.3. The van der Waals surface area contributed by atoms with Crippen LogP contribution in [0.5, 0.6) is 17.2 Å². The molecule has 0 saturated carbocycles. The Morgan fingerprint density at radius 3 is 2.30 bits per heavy atom. The molecule has 0 bridgehead atoms. The van der Waals surface area contributed by atoms with Gasteiger partial charge in [0, 0.05) is 32.7 Å². The van der Waals surface area contributed by atoms with Gasteiger partial charge in [0.05, 0.1) is 12.7 Å². The van der Waals surface area contributed by atoms with E-state index in [1.165, 1.54) is 5.56 Å². The molecule has 1 saturated heterocycles. The molecule has 1 fully saturated rings. The number of ether oxygens (including phenoxy) is 2. The van der Waals surface area contributed by atoms with Crippen LogP contribution in [0.4, 0.5) is 0 Å². The smallest absolute Gasteiger partial charge is 0.257 e. The van der Waals surface area contributed by atoms with E-state index in [1.807, 2.05) is 71.6 Å². The average Bonchev–Trinajstić information content (AvgIpc) is 2.80. The van der Waals surface area contributed by atoms with Crippen LogP contribution in [0.2, 0.25) is 0 Å².